The van der Waals surface area contributed by atoms with Crippen LogP contribution in [-0.4, -0.2) is 42.8 Å². The summed E-state index contributed by atoms with van der Waals surface area (Å²) in [6.45, 7) is 1.71. The molecule has 0 fully saturated rings. The van der Waals surface area contributed by atoms with Crippen molar-refractivity contribution in [1.29, 1.82) is 0 Å². The number of alkyl halides is 3. The first-order valence-corrected chi connectivity index (χ1v) is 6.71. The molecule has 0 heterocycles. The van der Waals surface area contributed by atoms with Gasteiger partial charge in [0.15, 0.2) is 0 Å². The molecule has 2 amide bonds. The maximum absolute atomic E-state index is 13.0. The van der Waals surface area contributed by atoms with Gasteiger partial charge in [-0.3, -0.25) is 0 Å². The lowest BCUT2D eigenvalue weighted by Crippen LogP contribution is -2.41. The molecular formula is C14H19F3N2O3. The van der Waals surface area contributed by atoms with Crippen LogP contribution in [0.1, 0.15) is 18.1 Å². The minimum absolute atomic E-state index is 0.0540. The molecule has 0 spiro atoms. The number of methoxy groups -OCH3 is 1. The summed E-state index contributed by atoms with van der Waals surface area (Å²) in [6, 6.07) is 3.04. The topological polar surface area (TPSA) is 61.8 Å². The van der Waals surface area contributed by atoms with Crippen LogP contribution < -0.4 is 10.1 Å². The van der Waals surface area contributed by atoms with Crippen molar-refractivity contribution in [1.82, 2.24) is 10.2 Å². The van der Waals surface area contributed by atoms with Crippen molar-refractivity contribution >= 4 is 6.03 Å². The van der Waals surface area contributed by atoms with Gasteiger partial charge in [-0.15, -0.1) is 0 Å². The first-order valence-electron chi connectivity index (χ1n) is 6.71. The van der Waals surface area contributed by atoms with Gasteiger partial charge in [-0.25, -0.2) is 4.79 Å². The third-order valence-corrected chi connectivity index (χ3v) is 3.09. The van der Waals surface area contributed by atoms with Crippen molar-refractivity contribution in [2.24, 2.45) is 0 Å². The smallest absolute Gasteiger partial charge is 0.416 e. The normalized spacial score (nSPS) is 11.2. The van der Waals surface area contributed by atoms with Crippen LogP contribution in [0.2, 0.25) is 0 Å². The van der Waals surface area contributed by atoms with Gasteiger partial charge < -0.3 is 20.1 Å². The van der Waals surface area contributed by atoms with Gasteiger partial charge in [0.2, 0.25) is 0 Å². The predicted octanol–water partition coefficient (Wildman–Crippen LogP) is 2.24. The molecule has 2 N–H and O–H groups in total. The Morgan fingerprint density at radius 1 is 1.41 bits per heavy atom. The van der Waals surface area contributed by atoms with Gasteiger partial charge in [-0.05, 0) is 24.6 Å². The number of hydrogen-bond donors (Lipinski definition) is 2. The second-order valence-electron chi connectivity index (χ2n) is 4.48. The van der Waals surface area contributed by atoms with Crippen molar-refractivity contribution < 1.29 is 27.8 Å². The molecule has 0 unspecified atom stereocenters. The van der Waals surface area contributed by atoms with Crippen LogP contribution in [-0.2, 0) is 12.7 Å². The second-order valence-corrected chi connectivity index (χ2v) is 4.48. The molecule has 22 heavy (non-hydrogen) atoms. The van der Waals surface area contributed by atoms with Gasteiger partial charge in [0.05, 0.1) is 19.3 Å². The van der Waals surface area contributed by atoms with Crippen LogP contribution in [0, 0.1) is 0 Å². The molecule has 1 rings (SSSR count). The number of likely N-dealkylation sites (N-methyl/N-ethyl adjacent to an activating group) is 1. The zero-order valence-corrected chi connectivity index (χ0v) is 12.4. The van der Waals surface area contributed by atoms with Gasteiger partial charge in [-0.1, -0.05) is 6.07 Å². The Morgan fingerprint density at radius 3 is 2.59 bits per heavy atom. The van der Waals surface area contributed by atoms with E-state index in [0.717, 1.165) is 6.07 Å². The molecule has 0 aromatic heterocycles. The Kier molecular flexibility index (Phi) is 6.48. The van der Waals surface area contributed by atoms with Crippen LogP contribution in [0.15, 0.2) is 18.2 Å². The maximum Gasteiger partial charge on any atom is 0.416 e. The molecular weight excluding hydrogens is 301 g/mol. The molecule has 1 aromatic rings. The number of rotatable bonds is 6. The van der Waals surface area contributed by atoms with E-state index in [2.05, 4.69) is 5.32 Å². The largest absolute Gasteiger partial charge is 0.497 e. The molecule has 0 aliphatic carbocycles. The Balaban J connectivity index is 2.87. The summed E-state index contributed by atoms with van der Waals surface area (Å²) >= 11 is 0. The summed E-state index contributed by atoms with van der Waals surface area (Å²) in [7, 11) is 1.28. The van der Waals surface area contributed by atoms with Crippen molar-refractivity contribution in [3.63, 3.8) is 0 Å². The standard InChI is InChI=1S/C14H19F3N2O3/c1-3-19(6-7-20)13(21)18-9-10-4-5-11(22-2)8-12(10)14(15,16)17/h4-5,8,20H,3,6-7,9H2,1-2H3,(H,18,21). The average molecular weight is 320 g/mol. The number of halogens is 3. The Morgan fingerprint density at radius 2 is 2.09 bits per heavy atom. The second kappa shape index (κ2) is 7.88. The molecule has 0 saturated heterocycles. The molecule has 1 aromatic carbocycles. The highest BCUT2D eigenvalue weighted by Crippen LogP contribution is 2.34. The summed E-state index contributed by atoms with van der Waals surface area (Å²) in [5.41, 5.74) is -0.904. The van der Waals surface area contributed by atoms with Crippen molar-refractivity contribution in [3.05, 3.63) is 29.3 Å². The number of ether oxygens (including phenoxy) is 1. The van der Waals surface area contributed by atoms with Crippen LogP contribution in [0.5, 0.6) is 5.75 Å². The highest BCUT2D eigenvalue weighted by atomic mass is 19.4. The molecule has 0 aliphatic heterocycles. The maximum atomic E-state index is 13.0. The minimum Gasteiger partial charge on any atom is -0.497 e. The molecule has 0 atom stereocenters. The first-order chi connectivity index (χ1) is 10.3. The molecule has 8 heteroatoms. The average Bonchev–Trinajstić information content (AvgIpc) is 2.49. The minimum atomic E-state index is -4.54. The third kappa shape index (κ3) is 4.80. The van der Waals surface area contributed by atoms with Crippen molar-refractivity contribution in [2.45, 2.75) is 19.6 Å². The van der Waals surface area contributed by atoms with E-state index < -0.39 is 17.8 Å². The summed E-state index contributed by atoms with van der Waals surface area (Å²) in [5, 5.41) is 11.2. The number of benzene rings is 1. The lowest BCUT2D eigenvalue weighted by atomic mass is 10.1. The Labute approximate surface area is 126 Å². The lowest BCUT2D eigenvalue weighted by molar-refractivity contribution is -0.138. The van der Waals surface area contributed by atoms with E-state index >= 15 is 0 Å². The number of carbonyl (C=O) groups is 1. The lowest BCUT2D eigenvalue weighted by Gasteiger charge is -2.21. The number of urea groups is 1. The summed E-state index contributed by atoms with van der Waals surface area (Å²) < 4.78 is 43.9. The SMILES string of the molecule is CCN(CCO)C(=O)NCc1ccc(OC)cc1C(F)(F)F. The fraction of sp³-hybridized carbons (Fsp3) is 0.500. The van der Waals surface area contributed by atoms with Gasteiger partial charge >= 0.3 is 12.2 Å². The number of carbonyl (C=O) groups excluding carboxylic acids is 1. The molecule has 124 valence electrons. The summed E-state index contributed by atoms with van der Waals surface area (Å²) in [4.78, 5) is 13.1. The molecule has 0 bridgehead atoms. The molecule has 0 radical (unpaired) electrons. The zero-order valence-electron chi connectivity index (χ0n) is 12.4. The highest BCUT2D eigenvalue weighted by Gasteiger charge is 2.33. The van der Waals surface area contributed by atoms with Crippen molar-refractivity contribution in [2.75, 3.05) is 26.8 Å². The number of aliphatic hydroxyl groups excluding tert-OH is 1. The van der Waals surface area contributed by atoms with E-state index in [9.17, 15) is 18.0 Å². The molecule has 0 saturated carbocycles. The van der Waals surface area contributed by atoms with Crippen molar-refractivity contribution in [3.8, 4) is 5.75 Å². The monoisotopic (exact) mass is 320 g/mol. The van der Waals surface area contributed by atoms with E-state index in [1.165, 1.54) is 24.1 Å². The third-order valence-electron chi connectivity index (χ3n) is 3.09. The van der Waals surface area contributed by atoms with E-state index in [-0.39, 0.29) is 31.0 Å². The van der Waals surface area contributed by atoms with E-state index in [1.54, 1.807) is 6.92 Å². The van der Waals surface area contributed by atoms with Gasteiger partial charge in [0.1, 0.15) is 5.75 Å². The molecule has 5 nitrogen and oxygen atoms in total. The number of aliphatic hydroxyl groups is 1. The number of amides is 2. The number of nitrogens with one attached hydrogen (secondary N) is 1. The Hall–Kier alpha value is -1.96. The van der Waals surface area contributed by atoms with Crippen LogP contribution in [0.3, 0.4) is 0 Å². The van der Waals surface area contributed by atoms with E-state index in [1.807, 2.05) is 0 Å². The number of nitrogens with zero attached hydrogens (tertiary/aromatic N) is 1. The number of hydrogen-bond acceptors (Lipinski definition) is 3. The van der Waals surface area contributed by atoms with Crippen LogP contribution in [0.4, 0.5) is 18.0 Å². The first kappa shape index (κ1) is 18.1. The summed E-state index contributed by atoms with van der Waals surface area (Å²) in [5.74, 6) is 0.0952. The fourth-order valence-electron chi connectivity index (χ4n) is 1.91. The fourth-order valence-corrected chi connectivity index (χ4v) is 1.91. The van der Waals surface area contributed by atoms with E-state index in [0.29, 0.717) is 6.54 Å². The predicted molar refractivity (Wildman–Crippen MR) is 74.6 cm³/mol. The van der Waals surface area contributed by atoms with Gasteiger partial charge in [0.25, 0.3) is 0 Å². The van der Waals surface area contributed by atoms with Gasteiger partial charge in [0, 0.05) is 19.6 Å². The quantitative estimate of drug-likeness (QED) is 0.845. The zero-order chi connectivity index (χ0) is 16.8. The summed E-state index contributed by atoms with van der Waals surface area (Å²) in [6.07, 6.45) is -4.54. The van der Waals surface area contributed by atoms with Crippen LogP contribution in [0.25, 0.3) is 0 Å². The highest BCUT2D eigenvalue weighted by molar-refractivity contribution is 5.74. The van der Waals surface area contributed by atoms with E-state index in [4.69, 9.17) is 9.84 Å². The van der Waals surface area contributed by atoms with Gasteiger partial charge in [-0.2, -0.15) is 13.2 Å². The Bertz CT molecular complexity index is 507. The van der Waals surface area contributed by atoms with Crippen LogP contribution >= 0.6 is 0 Å². The molecule has 0 aliphatic rings.